The highest BCUT2D eigenvalue weighted by Gasteiger charge is 2.28. The molecule has 1 aliphatic heterocycles. The Bertz CT molecular complexity index is 1070. The lowest BCUT2D eigenvalue weighted by molar-refractivity contribution is -0.123. The second-order valence-electron chi connectivity index (χ2n) is 8.21. The van der Waals surface area contributed by atoms with Crippen LogP contribution in [0.4, 0.5) is 0 Å². The van der Waals surface area contributed by atoms with Crippen LogP contribution in [0.1, 0.15) is 42.3 Å². The number of amides is 2. The molecule has 0 radical (unpaired) electrons. The maximum atomic E-state index is 12.9. The molecule has 1 aliphatic rings. The van der Waals surface area contributed by atoms with Crippen LogP contribution < -0.4 is 21.2 Å². The number of likely N-dealkylation sites (tertiary alicyclic amines) is 1. The van der Waals surface area contributed by atoms with E-state index in [9.17, 15) is 24.6 Å². The predicted octanol–water partition coefficient (Wildman–Crippen LogP) is 0.956. The van der Waals surface area contributed by atoms with E-state index in [1.165, 1.54) is 25.3 Å². The molecule has 3 rings (SSSR count). The first-order valence-electron chi connectivity index (χ1n) is 10.7. The molecule has 2 aromatic rings. The summed E-state index contributed by atoms with van der Waals surface area (Å²) in [6.45, 7) is 3.05. The van der Waals surface area contributed by atoms with Gasteiger partial charge in [-0.3, -0.25) is 19.3 Å². The summed E-state index contributed by atoms with van der Waals surface area (Å²) in [7, 11) is 1.40. The average Bonchev–Trinajstić information content (AvgIpc) is 2.76. The molecule has 33 heavy (non-hydrogen) atoms. The van der Waals surface area contributed by atoms with Crippen molar-refractivity contribution in [3.05, 3.63) is 51.6 Å². The van der Waals surface area contributed by atoms with Crippen LogP contribution >= 0.6 is 0 Å². The maximum Gasteiger partial charge on any atom is 0.231 e. The van der Waals surface area contributed by atoms with Gasteiger partial charge >= 0.3 is 0 Å². The summed E-state index contributed by atoms with van der Waals surface area (Å²) >= 11 is 0. The normalized spacial score (nSPS) is 15.7. The number of piperidine rings is 1. The fraction of sp³-hybridized carbons (Fsp3) is 0.435. The Morgan fingerprint density at radius 2 is 1.97 bits per heavy atom. The van der Waals surface area contributed by atoms with Gasteiger partial charge in [0.05, 0.1) is 19.6 Å². The number of nitrogens with zero attached hydrogens (tertiary/aromatic N) is 1. The Morgan fingerprint density at radius 1 is 1.27 bits per heavy atom. The van der Waals surface area contributed by atoms with Gasteiger partial charge in [-0.15, -0.1) is 0 Å². The van der Waals surface area contributed by atoms with Crippen molar-refractivity contribution in [2.45, 2.75) is 38.1 Å². The van der Waals surface area contributed by atoms with Gasteiger partial charge in [0.1, 0.15) is 5.76 Å². The number of phenols is 1. The molecule has 0 bridgehead atoms. The lowest BCUT2D eigenvalue weighted by Crippen LogP contribution is -2.46. The summed E-state index contributed by atoms with van der Waals surface area (Å²) in [5.41, 5.74) is 5.16. The molecule has 5 N–H and O–H groups in total. The number of nitrogens with one attached hydrogen (secondary N) is 1. The fourth-order valence-corrected chi connectivity index (χ4v) is 4.06. The molecular weight excluding hydrogens is 430 g/mol. The summed E-state index contributed by atoms with van der Waals surface area (Å²) < 4.78 is 10.8. The Hall–Kier alpha value is -3.53. The van der Waals surface area contributed by atoms with Gasteiger partial charge in [0.2, 0.25) is 23.0 Å². The van der Waals surface area contributed by atoms with Gasteiger partial charge in [0.15, 0.2) is 17.3 Å². The second kappa shape index (κ2) is 10.4. The van der Waals surface area contributed by atoms with Gasteiger partial charge in [-0.05, 0) is 37.5 Å². The Balaban J connectivity index is 1.82. The number of hydrogen-bond acceptors (Lipinski definition) is 8. The number of benzene rings is 1. The molecule has 1 atom stereocenters. The van der Waals surface area contributed by atoms with Crippen molar-refractivity contribution in [1.29, 1.82) is 0 Å². The van der Waals surface area contributed by atoms with Crippen molar-refractivity contribution in [1.82, 2.24) is 10.2 Å². The number of nitrogens with two attached hydrogens (primary N) is 1. The van der Waals surface area contributed by atoms with Crippen LogP contribution in [-0.4, -0.2) is 59.7 Å². The monoisotopic (exact) mass is 459 g/mol. The molecule has 1 aromatic carbocycles. The largest absolute Gasteiger partial charge is 0.504 e. The lowest BCUT2D eigenvalue weighted by Gasteiger charge is -2.31. The van der Waals surface area contributed by atoms with Crippen LogP contribution in [0.25, 0.3) is 0 Å². The van der Waals surface area contributed by atoms with Crippen LogP contribution in [0.5, 0.6) is 17.2 Å². The van der Waals surface area contributed by atoms with Gasteiger partial charge in [-0.25, -0.2) is 0 Å². The minimum Gasteiger partial charge on any atom is -0.504 e. The molecule has 178 valence electrons. The Morgan fingerprint density at radius 3 is 2.61 bits per heavy atom. The first-order chi connectivity index (χ1) is 15.7. The van der Waals surface area contributed by atoms with Crippen molar-refractivity contribution in [2.75, 3.05) is 26.7 Å². The van der Waals surface area contributed by atoms with Gasteiger partial charge in [-0.1, -0.05) is 6.07 Å². The quantitative estimate of drug-likeness (QED) is 0.455. The van der Waals surface area contributed by atoms with E-state index >= 15 is 0 Å². The zero-order valence-corrected chi connectivity index (χ0v) is 18.7. The minimum absolute atomic E-state index is 0.0285. The average molecular weight is 459 g/mol. The number of carbonyl (C=O) groups is 2. The van der Waals surface area contributed by atoms with Crippen LogP contribution in [0.2, 0.25) is 0 Å². The SMILES string of the molecule is COc1cc(C(CC(=O)NC2CCN(CC(N)=O)CC2)c2oc(C)cc(=O)c2O)ccc1O. The Kier molecular flexibility index (Phi) is 7.59. The van der Waals surface area contributed by atoms with E-state index < -0.39 is 17.1 Å². The number of primary amides is 1. The summed E-state index contributed by atoms with van der Waals surface area (Å²) in [6, 6.07) is 5.64. The molecule has 1 unspecified atom stereocenters. The zero-order valence-electron chi connectivity index (χ0n) is 18.7. The molecular formula is C23H29N3O7. The molecule has 1 fully saturated rings. The summed E-state index contributed by atoms with van der Waals surface area (Å²) in [5, 5.41) is 23.3. The van der Waals surface area contributed by atoms with Gasteiger partial charge in [0.25, 0.3) is 0 Å². The standard InChI is InChI=1S/C23H29N3O7/c1-13-9-18(28)22(31)23(33-13)16(14-3-4-17(27)19(10-14)32-2)11-21(30)25-15-5-7-26(8-6-15)12-20(24)29/h3-4,9-10,15-16,27,31H,5-8,11-12H2,1-2H3,(H2,24,29)(H,25,30). The third kappa shape index (κ3) is 6.04. The van der Waals surface area contributed by atoms with E-state index in [-0.39, 0.29) is 48.1 Å². The fourth-order valence-electron chi connectivity index (χ4n) is 4.06. The van der Waals surface area contributed by atoms with Crippen molar-refractivity contribution in [3.8, 4) is 17.2 Å². The first-order valence-corrected chi connectivity index (χ1v) is 10.7. The summed E-state index contributed by atoms with van der Waals surface area (Å²) in [6.07, 6.45) is 1.23. The van der Waals surface area contributed by atoms with Crippen molar-refractivity contribution < 1.29 is 29.0 Å². The van der Waals surface area contributed by atoms with E-state index in [2.05, 4.69) is 5.32 Å². The third-order valence-corrected chi connectivity index (χ3v) is 5.72. The molecule has 2 heterocycles. The van der Waals surface area contributed by atoms with Crippen molar-refractivity contribution >= 4 is 11.8 Å². The Labute approximate surface area is 191 Å². The summed E-state index contributed by atoms with van der Waals surface area (Å²) in [5.74, 6) is -1.65. The topological polar surface area (TPSA) is 155 Å². The highest BCUT2D eigenvalue weighted by atomic mass is 16.5. The maximum absolute atomic E-state index is 12.9. The van der Waals surface area contributed by atoms with E-state index in [1.54, 1.807) is 13.0 Å². The molecule has 10 heteroatoms. The number of methoxy groups -OCH3 is 1. The molecule has 2 amide bonds. The van der Waals surface area contributed by atoms with Crippen LogP contribution in [0, 0.1) is 6.92 Å². The number of phenolic OH excluding ortho intramolecular Hbond substituents is 1. The van der Waals surface area contributed by atoms with Crippen molar-refractivity contribution in [2.24, 2.45) is 5.73 Å². The van der Waals surface area contributed by atoms with E-state index in [1.807, 2.05) is 4.90 Å². The van der Waals surface area contributed by atoms with Crippen LogP contribution in [-0.2, 0) is 9.59 Å². The molecule has 0 aliphatic carbocycles. The molecule has 1 aromatic heterocycles. The van der Waals surface area contributed by atoms with E-state index in [0.29, 0.717) is 37.3 Å². The lowest BCUT2D eigenvalue weighted by atomic mass is 9.91. The second-order valence-corrected chi connectivity index (χ2v) is 8.21. The van der Waals surface area contributed by atoms with Crippen molar-refractivity contribution in [3.63, 3.8) is 0 Å². The third-order valence-electron chi connectivity index (χ3n) is 5.72. The van der Waals surface area contributed by atoms with E-state index in [4.69, 9.17) is 14.9 Å². The van der Waals surface area contributed by atoms with Crippen LogP contribution in [0.15, 0.2) is 33.5 Å². The number of aromatic hydroxyl groups is 2. The number of hydrogen-bond donors (Lipinski definition) is 4. The number of rotatable bonds is 8. The molecule has 0 spiro atoms. The van der Waals surface area contributed by atoms with E-state index in [0.717, 1.165) is 0 Å². The van der Waals surface area contributed by atoms with Gasteiger partial charge in [-0.2, -0.15) is 0 Å². The molecule has 1 saturated heterocycles. The number of aryl methyl sites for hydroxylation is 1. The first kappa shape index (κ1) is 24.1. The number of carbonyl (C=O) groups excluding carboxylic acids is 2. The zero-order chi connectivity index (χ0) is 24.1. The smallest absolute Gasteiger partial charge is 0.231 e. The highest BCUT2D eigenvalue weighted by molar-refractivity contribution is 5.78. The highest BCUT2D eigenvalue weighted by Crippen LogP contribution is 2.37. The molecule has 10 nitrogen and oxygen atoms in total. The minimum atomic E-state index is -0.790. The van der Waals surface area contributed by atoms with Crippen LogP contribution in [0.3, 0.4) is 0 Å². The van der Waals surface area contributed by atoms with Gasteiger partial charge in [0, 0.05) is 31.6 Å². The summed E-state index contributed by atoms with van der Waals surface area (Å²) in [4.78, 5) is 38.2. The molecule has 0 saturated carbocycles. The van der Waals surface area contributed by atoms with Gasteiger partial charge < -0.3 is 30.4 Å². The number of ether oxygens (including phenoxy) is 1. The predicted molar refractivity (Wildman–Crippen MR) is 119 cm³/mol.